The summed E-state index contributed by atoms with van der Waals surface area (Å²) in [5.41, 5.74) is 6.95. The van der Waals surface area contributed by atoms with Crippen LogP contribution in [-0.4, -0.2) is 20.2 Å². The fraction of sp³-hybridized carbons (Fsp3) is 0.222. The minimum Gasteiger partial charge on any atom is -0.324 e. The van der Waals surface area contributed by atoms with Crippen LogP contribution in [0.5, 0.6) is 0 Å². The van der Waals surface area contributed by atoms with Crippen molar-refractivity contribution in [1.29, 1.82) is 0 Å². The average molecular weight is 286 g/mol. The molecule has 0 unspecified atom stereocenters. The maximum Gasteiger partial charge on any atom is 0.170 e. The molecule has 5 nitrogen and oxygen atoms in total. The Balaban J connectivity index is 2.60. The van der Waals surface area contributed by atoms with Gasteiger partial charge < -0.3 is 5.73 Å². The van der Waals surface area contributed by atoms with Gasteiger partial charge in [-0.2, -0.15) is 4.68 Å². The molecular weight excluding hydrogens is 277 g/mol. The van der Waals surface area contributed by atoms with E-state index in [1.807, 2.05) is 0 Å². The number of hydrogen-bond donors (Lipinski definition) is 1. The maximum absolute atomic E-state index is 13.3. The topological polar surface area (TPSA) is 69.6 Å². The Morgan fingerprint density at radius 2 is 2.25 bits per heavy atom. The van der Waals surface area contributed by atoms with Crippen molar-refractivity contribution in [1.82, 2.24) is 20.2 Å². The zero-order valence-corrected chi connectivity index (χ0v) is 10.1. The number of rotatable bonds is 2. The van der Waals surface area contributed by atoms with E-state index in [9.17, 15) is 4.39 Å². The van der Waals surface area contributed by atoms with Gasteiger partial charge in [-0.15, -0.1) is 5.10 Å². The van der Waals surface area contributed by atoms with Gasteiger partial charge in [0.15, 0.2) is 5.82 Å². The molecule has 2 N–H and O–H groups in total. The summed E-state index contributed by atoms with van der Waals surface area (Å²) in [7, 11) is 0. The molecule has 0 atom stereocenters. The zero-order chi connectivity index (χ0) is 11.7. The molecule has 0 aliphatic carbocycles. The van der Waals surface area contributed by atoms with E-state index in [0.717, 1.165) is 5.56 Å². The lowest BCUT2D eigenvalue weighted by molar-refractivity contribution is 0.618. The summed E-state index contributed by atoms with van der Waals surface area (Å²) in [4.78, 5) is 0. The fourth-order valence-corrected chi connectivity index (χ4v) is 1.72. The molecular formula is C9H9BrFN5. The van der Waals surface area contributed by atoms with E-state index in [-0.39, 0.29) is 12.4 Å². The van der Waals surface area contributed by atoms with Crippen molar-refractivity contribution in [3.05, 3.63) is 33.8 Å². The van der Waals surface area contributed by atoms with Crippen molar-refractivity contribution in [3.8, 4) is 5.69 Å². The molecule has 0 amide bonds. The Bertz CT molecular complexity index is 525. The van der Waals surface area contributed by atoms with Gasteiger partial charge in [-0.1, -0.05) is 0 Å². The highest BCUT2D eigenvalue weighted by atomic mass is 79.9. The number of aromatic nitrogens is 4. The van der Waals surface area contributed by atoms with E-state index < -0.39 is 0 Å². The van der Waals surface area contributed by atoms with Crippen LogP contribution in [0.3, 0.4) is 0 Å². The van der Waals surface area contributed by atoms with E-state index in [2.05, 4.69) is 31.5 Å². The summed E-state index contributed by atoms with van der Waals surface area (Å²) in [6.45, 7) is 2.01. The van der Waals surface area contributed by atoms with E-state index in [1.54, 1.807) is 13.0 Å². The predicted molar refractivity (Wildman–Crippen MR) is 59.4 cm³/mol. The number of benzene rings is 1. The molecule has 0 radical (unpaired) electrons. The van der Waals surface area contributed by atoms with Crippen LogP contribution in [0, 0.1) is 12.7 Å². The lowest BCUT2D eigenvalue weighted by Gasteiger charge is -2.08. The summed E-state index contributed by atoms with van der Waals surface area (Å²) in [6.07, 6.45) is 0. The first-order valence-electron chi connectivity index (χ1n) is 4.57. The second-order valence-corrected chi connectivity index (χ2v) is 4.12. The third-order valence-electron chi connectivity index (χ3n) is 2.18. The molecule has 0 bridgehead atoms. The third kappa shape index (κ3) is 1.83. The second-order valence-electron chi connectivity index (χ2n) is 3.26. The normalized spacial score (nSPS) is 10.8. The molecule has 84 valence electrons. The Morgan fingerprint density at radius 3 is 2.94 bits per heavy atom. The third-order valence-corrected chi connectivity index (χ3v) is 2.79. The number of halogens is 2. The molecule has 0 spiro atoms. The highest BCUT2D eigenvalue weighted by Gasteiger charge is 2.11. The van der Waals surface area contributed by atoms with Crippen LogP contribution in [0.1, 0.15) is 11.4 Å². The van der Waals surface area contributed by atoms with Gasteiger partial charge in [0, 0.05) is 0 Å². The fourth-order valence-electron chi connectivity index (χ4n) is 1.38. The second kappa shape index (κ2) is 4.26. The number of nitrogens with zero attached hydrogens (tertiary/aromatic N) is 4. The zero-order valence-electron chi connectivity index (χ0n) is 8.48. The van der Waals surface area contributed by atoms with Gasteiger partial charge in [0.25, 0.3) is 0 Å². The van der Waals surface area contributed by atoms with Crippen LogP contribution < -0.4 is 5.73 Å². The first-order chi connectivity index (χ1) is 7.63. The summed E-state index contributed by atoms with van der Waals surface area (Å²) in [6, 6.07) is 3.04. The van der Waals surface area contributed by atoms with Crippen LogP contribution in [0.4, 0.5) is 4.39 Å². The van der Waals surface area contributed by atoms with Gasteiger partial charge in [-0.3, -0.25) is 0 Å². The quantitative estimate of drug-likeness (QED) is 0.904. The summed E-state index contributed by atoms with van der Waals surface area (Å²) >= 11 is 3.12. The Labute approximate surface area is 99.6 Å². The lowest BCUT2D eigenvalue weighted by Crippen LogP contribution is -2.09. The van der Waals surface area contributed by atoms with Crippen molar-refractivity contribution >= 4 is 15.9 Å². The molecule has 2 aromatic rings. The Hall–Kier alpha value is -1.34. The van der Waals surface area contributed by atoms with Gasteiger partial charge in [0.05, 0.1) is 16.7 Å². The molecule has 0 aliphatic rings. The van der Waals surface area contributed by atoms with Crippen molar-refractivity contribution in [2.45, 2.75) is 13.5 Å². The van der Waals surface area contributed by atoms with Crippen molar-refractivity contribution in [3.63, 3.8) is 0 Å². The van der Waals surface area contributed by atoms with E-state index in [0.29, 0.717) is 16.0 Å². The Kier molecular flexibility index (Phi) is 2.97. The number of tetrazole rings is 1. The molecule has 0 aliphatic heterocycles. The van der Waals surface area contributed by atoms with Gasteiger partial charge >= 0.3 is 0 Å². The van der Waals surface area contributed by atoms with Gasteiger partial charge in [-0.05, 0) is 51.0 Å². The van der Waals surface area contributed by atoms with Crippen LogP contribution in [-0.2, 0) is 6.54 Å². The summed E-state index contributed by atoms with van der Waals surface area (Å²) < 4.78 is 15.1. The lowest BCUT2D eigenvalue weighted by atomic mass is 10.2. The molecule has 16 heavy (non-hydrogen) atoms. The monoisotopic (exact) mass is 285 g/mol. The SMILES string of the molecule is Cc1cc(F)c(Br)cc1-n1nnnc1CN. The maximum atomic E-state index is 13.3. The Morgan fingerprint density at radius 1 is 1.50 bits per heavy atom. The largest absolute Gasteiger partial charge is 0.324 e. The number of aryl methyl sites for hydroxylation is 1. The van der Waals surface area contributed by atoms with Gasteiger partial charge in [0.2, 0.25) is 0 Å². The first-order valence-corrected chi connectivity index (χ1v) is 5.36. The summed E-state index contributed by atoms with van der Waals surface area (Å²) in [5.74, 6) is 0.213. The highest BCUT2D eigenvalue weighted by molar-refractivity contribution is 9.10. The predicted octanol–water partition coefficient (Wildman–Crippen LogP) is 1.33. The average Bonchev–Trinajstić information content (AvgIpc) is 2.71. The van der Waals surface area contributed by atoms with E-state index in [1.165, 1.54) is 10.7 Å². The molecule has 0 saturated carbocycles. The standard InChI is InChI=1S/C9H9BrFN5/c1-5-2-7(11)6(10)3-8(5)16-9(4-12)13-14-15-16/h2-3H,4,12H2,1H3. The molecule has 0 fully saturated rings. The highest BCUT2D eigenvalue weighted by Crippen LogP contribution is 2.23. The number of nitrogens with two attached hydrogens (primary N) is 1. The number of hydrogen-bond acceptors (Lipinski definition) is 4. The van der Waals surface area contributed by atoms with E-state index in [4.69, 9.17) is 5.73 Å². The van der Waals surface area contributed by atoms with Crippen LogP contribution in [0.2, 0.25) is 0 Å². The van der Waals surface area contributed by atoms with Crippen molar-refractivity contribution in [2.24, 2.45) is 5.73 Å². The van der Waals surface area contributed by atoms with Gasteiger partial charge in [-0.25, -0.2) is 4.39 Å². The molecule has 1 aromatic heterocycles. The smallest absolute Gasteiger partial charge is 0.170 e. The molecule has 7 heteroatoms. The molecule has 0 saturated heterocycles. The summed E-state index contributed by atoms with van der Waals surface area (Å²) in [5, 5.41) is 11.1. The minimum absolute atomic E-state index is 0.224. The molecule has 1 aromatic carbocycles. The van der Waals surface area contributed by atoms with Crippen LogP contribution in [0.25, 0.3) is 5.69 Å². The minimum atomic E-state index is -0.316. The van der Waals surface area contributed by atoms with Gasteiger partial charge in [0.1, 0.15) is 5.82 Å². The molecule has 2 rings (SSSR count). The van der Waals surface area contributed by atoms with Crippen LogP contribution >= 0.6 is 15.9 Å². The van der Waals surface area contributed by atoms with E-state index >= 15 is 0 Å². The first kappa shape index (κ1) is 11.2. The van der Waals surface area contributed by atoms with Crippen LogP contribution in [0.15, 0.2) is 16.6 Å². The van der Waals surface area contributed by atoms with Crippen molar-refractivity contribution < 1.29 is 4.39 Å². The van der Waals surface area contributed by atoms with Crippen molar-refractivity contribution in [2.75, 3.05) is 0 Å². The molecule has 1 heterocycles.